The van der Waals surface area contributed by atoms with Gasteiger partial charge in [0.05, 0.1) is 33.8 Å². The Bertz CT molecular complexity index is 4760. The van der Waals surface area contributed by atoms with Gasteiger partial charge in [-0.15, -0.1) is 0 Å². The number of benzene rings is 11. The predicted octanol–water partition coefficient (Wildman–Crippen LogP) is 19.7. The molecule has 5 heterocycles. The maximum atomic E-state index is 7.17. The summed E-state index contributed by atoms with van der Waals surface area (Å²) in [6.07, 6.45) is 1.92. The van der Waals surface area contributed by atoms with Crippen LogP contribution >= 0.6 is 0 Å². The number of para-hydroxylation sites is 3. The van der Waals surface area contributed by atoms with E-state index in [-0.39, 0.29) is 0 Å². The molecular formula is C73H48N4O. The number of aromatic nitrogens is 2. The molecular weight excluding hydrogens is 949 g/mol. The summed E-state index contributed by atoms with van der Waals surface area (Å²) in [5, 5.41) is 9.23. The van der Waals surface area contributed by atoms with E-state index in [9.17, 15) is 0 Å². The van der Waals surface area contributed by atoms with E-state index in [1.54, 1.807) is 0 Å². The Hall–Kier alpha value is -10.2. The van der Waals surface area contributed by atoms with E-state index in [1.807, 2.05) is 6.20 Å². The molecule has 0 radical (unpaired) electrons. The van der Waals surface area contributed by atoms with Gasteiger partial charge >= 0.3 is 0 Å². The van der Waals surface area contributed by atoms with Gasteiger partial charge in [0.15, 0.2) is 0 Å². The standard InChI is InChI=1S/C73H48N4O/c1-46-36-39-60-63-32-16-31-62-58-41-38-51(44-67(58)77(71(62)63)73-64(34-18-42-74-73)56-27-13-14-28-59(56)69(60)68(46)49-23-9-4-10-24-49)78-50-37-40-57-54-25-11-12-26-55(54)61-33-17-35-65-72(61)76(66(57)43-50)45-75(65)70-52(47-19-5-2-6-20-47)29-15-30-53(70)48-21-7-3-8-22-48/h2-44H,45H2,1H3. The van der Waals surface area contributed by atoms with Crippen molar-refractivity contribution < 1.29 is 4.74 Å². The van der Waals surface area contributed by atoms with Crippen LogP contribution in [0.1, 0.15) is 5.56 Å². The highest BCUT2D eigenvalue weighted by Gasteiger charge is 2.37. The van der Waals surface area contributed by atoms with Crippen LogP contribution in [0.2, 0.25) is 0 Å². The summed E-state index contributed by atoms with van der Waals surface area (Å²) in [7, 11) is 0. The minimum Gasteiger partial charge on any atom is -0.457 e. The maximum absolute atomic E-state index is 7.17. The topological polar surface area (TPSA) is 33.0 Å². The minimum atomic E-state index is 0.597. The second kappa shape index (κ2) is 17.4. The fraction of sp³-hybridized carbons (Fsp3) is 0.0274. The second-order valence-corrected chi connectivity index (χ2v) is 20.6. The molecule has 0 fully saturated rings. The van der Waals surface area contributed by atoms with E-state index >= 15 is 0 Å². The number of pyridine rings is 1. The van der Waals surface area contributed by atoms with E-state index in [1.165, 1.54) is 83.2 Å². The molecule has 0 bridgehead atoms. The smallest absolute Gasteiger partial charge is 0.145 e. The second-order valence-electron chi connectivity index (χ2n) is 20.6. The van der Waals surface area contributed by atoms with Gasteiger partial charge in [0.25, 0.3) is 0 Å². The lowest BCUT2D eigenvalue weighted by Gasteiger charge is -2.28. The van der Waals surface area contributed by atoms with Crippen molar-refractivity contribution in [3.05, 3.63) is 267 Å². The van der Waals surface area contributed by atoms with Gasteiger partial charge < -0.3 is 14.5 Å². The molecule has 78 heavy (non-hydrogen) atoms. The first-order valence-corrected chi connectivity index (χ1v) is 26.8. The van der Waals surface area contributed by atoms with Crippen LogP contribution in [-0.2, 0) is 0 Å². The molecule has 0 atom stereocenters. The van der Waals surface area contributed by atoms with Crippen LogP contribution in [0.5, 0.6) is 11.5 Å². The highest BCUT2D eigenvalue weighted by Crippen LogP contribution is 2.58. The molecule has 2 aliphatic rings. The Morgan fingerprint density at radius 2 is 0.910 bits per heavy atom. The quantitative estimate of drug-likeness (QED) is 0.166. The highest BCUT2D eigenvalue weighted by molar-refractivity contribution is 6.27. The molecule has 0 saturated carbocycles. The van der Waals surface area contributed by atoms with Crippen molar-refractivity contribution in [2.24, 2.45) is 0 Å². The summed E-state index contributed by atoms with van der Waals surface area (Å²) in [6.45, 7) is 2.83. The first-order valence-electron chi connectivity index (χ1n) is 26.8. The number of nitrogens with zero attached hydrogens (tertiary/aromatic N) is 4. The van der Waals surface area contributed by atoms with E-state index < -0.39 is 0 Å². The molecule has 0 amide bonds. The first-order chi connectivity index (χ1) is 38.6. The number of hydrogen-bond acceptors (Lipinski definition) is 4. The van der Waals surface area contributed by atoms with Gasteiger partial charge in [-0.3, -0.25) is 4.40 Å². The molecule has 16 rings (SSSR count). The zero-order valence-electron chi connectivity index (χ0n) is 42.7. The Kier molecular flexibility index (Phi) is 9.85. The summed E-state index contributed by atoms with van der Waals surface area (Å²) in [6, 6.07) is 92.5. The molecule has 0 N–H and O–H groups in total. The zero-order chi connectivity index (χ0) is 51.4. The molecule has 11 aromatic carbocycles. The first kappa shape index (κ1) is 44.1. The summed E-state index contributed by atoms with van der Waals surface area (Å²) in [5.41, 5.74) is 20.8. The van der Waals surface area contributed by atoms with Gasteiger partial charge in [0.2, 0.25) is 0 Å². The van der Waals surface area contributed by atoms with Gasteiger partial charge in [-0.25, -0.2) is 4.98 Å². The molecule has 5 heteroatoms. The Morgan fingerprint density at radius 3 is 1.67 bits per heavy atom. The lowest BCUT2D eigenvalue weighted by atomic mass is 9.90. The predicted molar refractivity (Wildman–Crippen MR) is 326 cm³/mol. The van der Waals surface area contributed by atoms with Crippen LogP contribution in [0.4, 0.5) is 22.7 Å². The number of hydrogen-bond donors (Lipinski definition) is 0. The highest BCUT2D eigenvalue weighted by atomic mass is 16.5. The molecule has 0 aliphatic carbocycles. The van der Waals surface area contributed by atoms with Gasteiger partial charge in [-0.2, -0.15) is 0 Å². The number of fused-ring (bicyclic) bond motifs is 15. The number of rotatable bonds is 6. The SMILES string of the molecule is Cc1ccc2c3cccc4c5ccc(Oc6ccc7c(c6)N6CN(c8c(-c9ccccc9)cccc8-c8ccccc8)c8cccc(c86)-c6ccccc6-7)cc5n(c5ncccc5c5ccccc5c2c1-c1ccccc1)c34. The van der Waals surface area contributed by atoms with Crippen LogP contribution in [0.15, 0.2) is 261 Å². The monoisotopic (exact) mass is 996 g/mol. The van der Waals surface area contributed by atoms with E-state index in [2.05, 4.69) is 276 Å². The van der Waals surface area contributed by atoms with Gasteiger partial charge in [0, 0.05) is 62.1 Å². The third kappa shape index (κ3) is 6.65. The van der Waals surface area contributed by atoms with Crippen molar-refractivity contribution in [2.45, 2.75) is 6.92 Å². The summed E-state index contributed by atoms with van der Waals surface area (Å²) in [4.78, 5) is 10.3. The van der Waals surface area contributed by atoms with Crippen LogP contribution in [0.3, 0.4) is 0 Å². The third-order valence-electron chi connectivity index (χ3n) is 16.3. The average Bonchev–Trinajstić information content (AvgIpc) is 4.08. The fourth-order valence-electron chi connectivity index (χ4n) is 13.0. The molecule has 5 nitrogen and oxygen atoms in total. The summed E-state index contributed by atoms with van der Waals surface area (Å²) in [5.74, 6) is 1.50. The Balaban J connectivity index is 0.898. The zero-order valence-corrected chi connectivity index (χ0v) is 42.7. The average molecular weight is 997 g/mol. The van der Waals surface area contributed by atoms with Crippen LogP contribution in [0.25, 0.3) is 115 Å². The van der Waals surface area contributed by atoms with Crippen molar-refractivity contribution in [1.82, 2.24) is 9.38 Å². The van der Waals surface area contributed by atoms with E-state index in [0.29, 0.717) is 6.67 Å². The van der Waals surface area contributed by atoms with Gasteiger partial charge in [-0.1, -0.05) is 200 Å². The molecule has 0 unspecified atom stereocenters. The maximum Gasteiger partial charge on any atom is 0.145 e. The summed E-state index contributed by atoms with van der Waals surface area (Å²) >= 11 is 0. The number of anilines is 4. The lowest BCUT2D eigenvalue weighted by Crippen LogP contribution is -2.25. The van der Waals surface area contributed by atoms with Crippen molar-refractivity contribution in [3.63, 3.8) is 0 Å². The van der Waals surface area contributed by atoms with Crippen molar-refractivity contribution in [1.29, 1.82) is 0 Å². The van der Waals surface area contributed by atoms with Crippen LogP contribution in [-0.4, -0.2) is 16.1 Å². The summed E-state index contributed by atoms with van der Waals surface area (Å²) < 4.78 is 9.56. The largest absolute Gasteiger partial charge is 0.457 e. The molecule has 366 valence electrons. The molecule has 0 spiro atoms. The lowest BCUT2D eigenvalue weighted by molar-refractivity contribution is 0.483. The third-order valence-corrected chi connectivity index (χ3v) is 16.3. The van der Waals surface area contributed by atoms with E-state index in [4.69, 9.17) is 9.72 Å². The van der Waals surface area contributed by atoms with Crippen LogP contribution in [0, 0.1) is 6.92 Å². The molecule has 0 saturated heterocycles. The molecule has 14 aromatic rings. The van der Waals surface area contributed by atoms with Crippen molar-refractivity contribution in [3.8, 4) is 67.1 Å². The normalized spacial score (nSPS) is 12.6. The Morgan fingerprint density at radius 1 is 0.372 bits per heavy atom. The van der Waals surface area contributed by atoms with E-state index in [0.717, 1.165) is 72.0 Å². The van der Waals surface area contributed by atoms with Crippen LogP contribution < -0.4 is 14.5 Å². The number of aryl methyl sites for hydroxylation is 1. The minimum absolute atomic E-state index is 0.597. The van der Waals surface area contributed by atoms with Gasteiger partial charge in [-0.05, 0) is 110 Å². The Labute approximate surface area is 451 Å². The number of ether oxygens (including phenoxy) is 1. The van der Waals surface area contributed by atoms with Crippen molar-refractivity contribution in [2.75, 3.05) is 16.5 Å². The molecule has 3 aromatic heterocycles. The van der Waals surface area contributed by atoms with Gasteiger partial charge in [0.1, 0.15) is 23.8 Å². The fourth-order valence-corrected chi connectivity index (χ4v) is 13.0. The van der Waals surface area contributed by atoms with Crippen molar-refractivity contribution >= 4 is 82.5 Å². The molecule has 2 aliphatic heterocycles.